The summed E-state index contributed by atoms with van der Waals surface area (Å²) in [6, 6.07) is 15.5. The lowest BCUT2D eigenvalue weighted by Gasteiger charge is -2.33. The first-order valence-electron chi connectivity index (χ1n) is 11.6. The molecule has 37 heavy (non-hydrogen) atoms. The first-order chi connectivity index (χ1) is 17.6. The maximum absolute atomic E-state index is 15.0. The number of fused-ring (bicyclic) bond motifs is 2. The Morgan fingerprint density at radius 3 is 2.46 bits per heavy atom. The van der Waals surface area contributed by atoms with Gasteiger partial charge in [-0.05, 0) is 60.5 Å². The Kier molecular flexibility index (Phi) is 6.48. The minimum Gasteiger partial charge on any atom is -0.393 e. The summed E-state index contributed by atoms with van der Waals surface area (Å²) in [4.78, 5) is 29.3. The fraction of sp³-hybridized carbons (Fsp3) is 0.259. The van der Waals surface area contributed by atoms with Crippen LogP contribution in [0.1, 0.15) is 38.3 Å². The summed E-state index contributed by atoms with van der Waals surface area (Å²) in [7, 11) is 0. The van der Waals surface area contributed by atoms with Crippen LogP contribution in [0.15, 0.2) is 60.7 Å². The van der Waals surface area contributed by atoms with Gasteiger partial charge >= 0.3 is 0 Å². The van der Waals surface area contributed by atoms with Crippen molar-refractivity contribution in [3.8, 4) is 0 Å². The minimum absolute atomic E-state index is 0.0321. The maximum atomic E-state index is 15.0. The highest BCUT2D eigenvalue weighted by molar-refractivity contribution is 6.35. The maximum Gasteiger partial charge on any atom is 0.284 e. The Hall–Kier alpha value is -3.04. The van der Waals surface area contributed by atoms with Crippen LogP contribution in [-0.4, -0.2) is 47.6 Å². The van der Waals surface area contributed by atoms with Crippen molar-refractivity contribution in [3.05, 3.63) is 93.0 Å². The van der Waals surface area contributed by atoms with Crippen LogP contribution in [0.25, 0.3) is 0 Å². The second-order valence-corrected chi connectivity index (χ2v) is 9.96. The summed E-state index contributed by atoms with van der Waals surface area (Å²) >= 11 is 12.3. The Labute approximate surface area is 221 Å². The monoisotopic (exact) mass is 546 g/mol. The summed E-state index contributed by atoms with van der Waals surface area (Å²) in [6.07, 6.45) is -0.250. The normalized spacial score (nSPS) is 20.8. The zero-order chi connectivity index (χ0) is 26.5. The molecule has 0 aliphatic carbocycles. The molecule has 0 saturated heterocycles. The van der Waals surface area contributed by atoms with Gasteiger partial charge < -0.3 is 20.0 Å². The summed E-state index contributed by atoms with van der Waals surface area (Å²) < 4.78 is 29.9. The van der Waals surface area contributed by atoms with E-state index in [0.717, 1.165) is 16.5 Å². The van der Waals surface area contributed by atoms with Crippen LogP contribution in [0.5, 0.6) is 0 Å². The molecule has 0 saturated carbocycles. The molecule has 2 N–H and O–H groups in total. The molecule has 192 valence electrons. The highest BCUT2D eigenvalue weighted by atomic mass is 35.5. The highest BCUT2D eigenvalue weighted by Crippen LogP contribution is 2.47. The first kappa shape index (κ1) is 25.6. The molecule has 3 aromatic rings. The average Bonchev–Trinajstić information content (AvgIpc) is 2.96. The van der Waals surface area contributed by atoms with Gasteiger partial charge in [-0.1, -0.05) is 35.3 Å². The molecule has 0 radical (unpaired) electrons. The number of carbonyl (C=O) groups is 2. The number of aliphatic hydroxyl groups excluding tert-OH is 1. The van der Waals surface area contributed by atoms with Gasteiger partial charge in [0.25, 0.3) is 17.7 Å². The van der Waals surface area contributed by atoms with Gasteiger partial charge in [0.05, 0.1) is 22.9 Å². The molecule has 0 fully saturated rings. The fourth-order valence-corrected chi connectivity index (χ4v) is 5.38. The molecule has 6 nitrogen and oxygen atoms in total. The number of carbonyl (C=O) groups excluding carboxylic acids is 2. The molecule has 2 aliphatic heterocycles. The molecule has 2 heterocycles. The van der Waals surface area contributed by atoms with E-state index in [0.29, 0.717) is 29.2 Å². The molecule has 0 unspecified atom stereocenters. The summed E-state index contributed by atoms with van der Waals surface area (Å²) in [5.74, 6) is -4.53. The average molecular weight is 547 g/mol. The van der Waals surface area contributed by atoms with Crippen molar-refractivity contribution in [1.29, 1.82) is 0 Å². The van der Waals surface area contributed by atoms with Crippen LogP contribution in [0.2, 0.25) is 10.0 Å². The Balaban J connectivity index is 1.46. The minimum atomic E-state index is -3.72. The molecule has 3 aromatic carbocycles. The lowest BCUT2D eigenvalue weighted by molar-refractivity contribution is -0.205. The molecule has 0 bridgehead atoms. The van der Waals surface area contributed by atoms with Crippen LogP contribution in [0, 0.1) is 0 Å². The molecule has 2 amide bonds. The van der Waals surface area contributed by atoms with Crippen molar-refractivity contribution in [2.75, 3.05) is 29.5 Å². The van der Waals surface area contributed by atoms with Crippen LogP contribution in [-0.2, 0) is 12.0 Å². The summed E-state index contributed by atoms with van der Waals surface area (Å²) in [5, 5.41) is 21.0. The van der Waals surface area contributed by atoms with Crippen molar-refractivity contribution in [2.45, 2.75) is 24.4 Å². The third-order valence-electron chi connectivity index (χ3n) is 7.01. The number of hydrogen-bond donors (Lipinski definition) is 2. The van der Waals surface area contributed by atoms with Gasteiger partial charge in [0.2, 0.25) is 0 Å². The van der Waals surface area contributed by atoms with Crippen molar-refractivity contribution in [1.82, 2.24) is 0 Å². The largest absolute Gasteiger partial charge is 0.393 e. The van der Waals surface area contributed by atoms with E-state index >= 15 is 0 Å². The topological polar surface area (TPSA) is 81.1 Å². The van der Waals surface area contributed by atoms with Gasteiger partial charge in [0.1, 0.15) is 0 Å². The van der Waals surface area contributed by atoms with Crippen molar-refractivity contribution in [2.24, 2.45) is 0 Å². The van der Waals surface area contributed by atoms with E-state index in [-0.39, 0.29) is 27.7 Å². The Morgan fingerprint density at radius 1 is 1.03 bits per heavy atom. The van der Waals surface area contributed by atoms with Gasteiger partial charge in [0, 0.05) is 41.3 Å². The van der Waals surface area contributed by atoms with Gasteiger partial charge in [-0.15, -0.1) is 0 Å². The first-order valence-corrected chi connectivity index (χ1v) is 12.4. The number of hydrogen-bond acceptors (Lipinski definition) is 4. The van der Waals surface area contributed by atoms with E-state index in [4.69, 9.17) is 23.2 Å². The van der Waals surface area contributed by atoms with Crippen LogP contribution < -0.4 is 9.80 Å². The highest BCUT2D eigenvalue weighted by Gasteiger charge is 2.56. The third kappa shape index (κ3) is 4.18. The molecular formula is C27H22Cl2F2N2O4. The summed E-state index contributed by atoms with van der Waals surface area (Å²) in [6.45, 7) is -1.21. The molecule has 10 heteroatoms. The SMILES string of the molecule is O=C1c2c(Cl)cccc2CCN1c1ccc(C(=O)N2CCC(F)(F)[C@](O)(CO)c3cc(Cl)ccc32)cc1. The Bertz CT molecular complexity index is 1400. The smallest absolute Gasteiger partial charge is 0.284 e. The van der Waals surface area contributed by atoms with E-state index in [1.54, 1.807) is 29.2 Å². The zero-order valence-electron chi connectivity index (χ0n) is 19.4. The number of halogens is 4. The number of amides is 2. The van der Waals surface area contributed by atoms with Crippen molar-refractivity contribution in [3.63, 3.8) is 0 Å². The van der Waals surface area contributed by atoms with Crippen molar-refractivity contribution < 1.29 is 28.6 Å². The molecule has 0 aromatic heterocycles. The number of alkyl halides is 2. The molecule has 1 atom stereocenters. The van der Waals surface area contributed by atoms with Gasteiger partial charge in [-0.3, -0.25) is 9.59 Å². The predicted octanol–water partition coefficient (Wildman–Crippen LogP) is 5.06. The van der Waals surface area contributed by atoms with Crippen LogP contribution >= 0.6 is 23.2 Å². The van der Waals surface area contributed by atoms with Crippen LogP contribution in [0.3, 0.4) is 0 Å². The molecular weight excluding hydrogens is 525 g/mol. The third-order valence-corrected chi connectivity index (χ3v) is 7.56. The lowest BCUT2D eigenvalue weighted by Crippen LogP contribution is -2.48. The van der Waals surface area contributed by atoms with Gasteiger partial charge in [-0.2, -0.15) is 0 Å². The van der Waals surface area contributed by atoms with Gasteiger partial charge in [-0.25, -0.2) is 8.78 Å². The van der Waals surface area contributed by atoms with E-state index in [1.165, 1.54) is 24.3 Å². The number of benzene rings is 3. The second kappa shape index (κ2) is 9.36. The number of rotatable bonds is 3. The molecule has 2 aliphatic rings. The zero-order valence-corrected chi connectivity index (χ0v) is 20.9. The predicted molar refractivity (Wildman–Crippen MR) is 137 cm³/mol. The standard InChI is InChI=1S/C27H22Cl2F2N2O4/c28-18-6-9-22-20(14-18)26(37,15-34)27(30,31)11-13-33(22)24(35)17-4-7-19(8-5-17)32-12-10-16-2-1-3-21(29)23(16)25(32)36/h1-9,14,34,37H,10-13,15H2/t26-/m0/s1. The molecule has 5 rings (SSSR count). The number of nitrogens with zero attached hydrogens (tertiary/aromatic N) is 2. The quantitative estimate of drug-likeness (QED) is 0.481. The summed E-state index contributed by atoms with van der Waals surface area (Å²) in [5.41, 5.74) is -1.11. The van der Waals surface area contributed by atoms with E-state index in [2.05, 4.69) is 0 Å². The number of anilines is 2. The van der Waals surface area contributed by atoms with Gasteiger partial charge in [0.15, 0.2) is 5.60 Å². The second-order valence-electron chi connectivity index (χ2n) is 9.12. The van der Waals surface area contributed by atoms with E-state index < -0.39 is 37.0 Å². The number of aliphatic hydroxyl groups is 2. The van der Waals surface area contributed by atoms with E-state index in [1.807, 2.05) is 6.07 Å². The van der Waals surface area contributed by atoms with E-state index in [9.17, 15) is 28.6 Å². The lowest BCUT2D eigenvalue weighted by atomic mass is 9.86. The molecule has 0 spiro atoms. The van der Waals surface area contributed by atoms with Crippen molar-refractivity contribution >= 4 is 46.4 Å². The fourth-order valence-electron chi connectivity index (χ4n) is 4.93. The van der Waals surface area contributed by atoms with Crippen LogP contribution in [0.4, 0.5) is 20.2 Å². The Morgan fingerprint density at radius 2 is 1.76 bits per heavy atom.